The Morgan fingerprint density at radius 3 is 2.71 bits per heavy atom. The average molecular weight is 632 g/mol. The third-order valence-corrected chi connectivity index (χ3v) is 9.97. The number of hydrogen-bond acceptors (Lipinski definition) is 7. The molecule has 3 saturated heterocycles. The van der Waals surface area contributed by atoms with Gasteiger partial charge < -0.3 is 20.1 Å². The van der Waals surface area contributed by atoms with Crippen molar-refractivity contribution in [3.63, 3.8) is 0 Å². The minimum absolute atomic E-state index is 0.0225. The second-order valence-electron chi connectivity index (χ2n) is 12.5. The molecule has 45 heavy (non-hydrogen) atoms. The number of nitrogens with zero attached hydrogens (tertiary/aromatic N) is 4. The lowest BCUT2D eigenvalue weighted by molar-refractivity contribution is 0.107. The molecule has 0 radical (unpaired) electrons. The Morgan fingerprint density at radius 2 is 1.93 bits per heavy atom. The van der Waals surface area contributed by atoms with Crippen molar-refractivity contribution in [2.24, 2.45) is 0 Å². The maximum absolute atomic E-state index is 17.0. The van der Waals surface area contributed by atoms with E-state index in [9.17, 15) is 13.9 Å². The molecule has 230 valence electrons. The van der Waals surface area contributed by atoms with E-state index in [4.69, 9.17) is 27.7 Å². The fraction of sp³-hybridized carbons (Fsp3) is 0.353. The van der Waals surface area contributed by atoms with Gasteiger partial charge in [-0.3, -0.25) is 4.90 Å². The van der Waals surface area contributed by atoms with E-state index in [-0.39, 0.29) is 63.1 Å². The zero-order valence-corrected chi connectivity index (χ0v) is 24.9. The lowest BCUT2D eigenvalue weighted by Gasteiger charge is -2.35. The summed E-state index contributed by atoms with van der Waals surface area (Å²) in [7, 11) is 0. The molecule has 2 N–H and O–H groups in total. The molecule has 4 aliphatic rings. The van der Waals surface area contributed by atoms with Crippen LogP contribution in [0.2, 0.25) is 5.02 Å². The van der Waals surface area contributed by atoms with Gasteiger partial charge in [0, 0.05) is 54.5 Å². The first-order valence-corrected chi connectivity index (χ1v) is 15.4. The molecule has 2 bridgehead atoms. The molecular weight excluding hydrogens is 603 g/mol. The summed E-state index contributed by atoms with van der Waals surface area (Å²) >= 11 is 6.83. The monoisotopic (exact) mass is 631 g/mol. The van der Waals surface area contributed by atoms with Gasteiger partial charge >= 0.3 is 6.01 Å². The molecule has 2 unspecified atom stereocenters. The molecule has 4 atom stereocenters. The number of halogens is 4. The summed E-state index contributed by atoms with van der Waals surface area (Å²) in [5.74, 6) is 1.23. The van der Waals surface area contributed by atoms with Gasteiger partial charge in [-0.05, 0) is 54.6 Å². The molecule has 1 aromatic heterocycles. The largest absolute Gasteiger partial charge is 0.508 e. The highest BCUT2D eigenvalue weighted by Crippen LogP contribution is 2.45. The van der Waals surface area contributed by atoms with Gasteiger partial charge in [0.05, 0.1) is 16.1 Å². The van der Waals surface area contributed by atoms with Crippen LogP contribution in [0.5, 0.6) is 11.8 Å². The fourth-order valence-electron chi connectivity index (χ4n) is 7.73. The van der Waals surface area contributed by atoms with Crippen LogP contribution in [0.4, 0.5) is 19.0 Å². The summed E-state index contributed by atoms with van der Waals surface area (Å²) in [6, 6.07) is 7.19. The Kier molecular flexibility index (Phi) is 6.64. The second kappa shape index (κ2) is 10.5. The third kappa shape index (κ3) is 4.59. The number of piperazine rings is 1. The first-order chi connectivity index (χ1) is 21.7. The third-order valence-electron chi connectivity index (χ3n) is 9.68. The number of rotatable bonds is 5. The van der Waals surface area contributed by atoms with E-state index in [1.807, 2.05) is 0 Å². The van der Waals surface area contributed by atoms with Gasteiger partial charge in [-0.25, -0.2) is 13.2 Å². The van der Waals surface area contributed by atoms with Crippen molar-refractivity contribution in [1.82, 2.24) is 20.2 Å². The molecule has 11 heteroatoms. The van der Waals surface area contributed by atoms with Crippen LogP contribution in [-0.2, 0) is 0 Å². The molecule has 0 aliphatic carbocycles. The quantitative estimate of drug-likeness (QED) is 0.215. The van der Waals surface area contributed by atoms with Crippen molar-refractivity contribution in [1.29, 1.82) is 0 Å². The highest BCUT2D eigenvalue weighted by atomic mass is 35.5. The molecule has 4 aliphatic heterocycles. The Bertz CT molecular complexity index is 1950. The average Bonchev–Trinajstić information content (AvgIpc) is 3.66. The number of alkyl halides is 1. The number of phenols is 1. The molecule has 8 rings (SSSR count). The first kappa shape index (κ1) is 28.4. The van der Waals surface area contributed by atoms with Crippen molar-refractivity contribution < 1.29 is 23.0 Å². The van der Waals surface area contributed by atoms with Crippen LogP contribution in [0.15, 0.2) is 42.5 Å². The van der Waals surface area contributed by atoms with Crippen LogP contribution >= 0.6 is 11.6 Å². The maximum atomic E-state index is 17.0. The Morgan fingerprint density at radius 1 is 1.13 bits per heavy atom. The summed E-state index contributed by atoms with van der Waals surface area (Å²) in [6.07, 6.45) is 11.1. The predicted octanol–water partition coefficient (Wildman–Crippen LogP) is 5.74. The Labute approximate surface area is 262 Å². The summed E-state index contributed by atoms with van der Waals surface area (Å²) in [5, 5.41) is 15.1. The van der Waals surface area contributed by atoms with E-state index < -0.39 is 23.3 Å². The number of phenolic OH excluding ortho intramolecular Hbond substituents is 1. The van der Waals surface area contributed by atoms with E-state index >= 15 is 4.39 Å². The number of benzene rings is 3. The van der Waals surface area contributed by atoms with Crippen molar-refractivity contribution in [2.75, 3.05) is 37.7 Å². The van der Waals surface area contributed by atoms with Crippen molar-refractivity contribution >= 4 is 39.1 Å². The Hall–Kier alpha value is -4.04. The van der Waals surface area contributed by atoms with Crippen LogP contribution in [0, 0.1) is 24.0 Å². The number of ether oxygens (including phenoxy) is 1. The van der Waals surface area contributed by atoms with Gasteiger partial charge in [-0.15, -0.1) is 6.42 Å². The summed E-state index contributed by atoms with van der Waals surface area (Å²) in [5.41, 5.74) is -0.511. The highest BCUT2D eigenvalue weighted by Gasteiger charge is 2.49. The number of anilines is 1. The Balaban J connectivity index is 1.30. The fourth-order valence-corrected chi connectivity index (χ4v) is 8.02. The van der Waals surface area contributed by atoms with Crippen molar-refractivity contribution in [3.05, 3.63) is 64.7 Å². The molecule has 3 fully saturated rings. The highest BCUT2D eigenvalue weighted by molar-refractivity contribution is 6.35. The maximum Gasteiger partial charge on any atom is 0.319 e. The molecule has 5 heterocycles. The minimum atomic E-state index is -0.928. The minimum Gasteiger partial charge on any atom is -0.508 e. The number of hydrogen-bond donors (Lipinski definition) is 2. The smallest absolute Gasteiger partial charge is 0.319 e. The molecular formula is C34H29ClF3N5O2. The predicted molar refractivity (Wildman–Crippen MR) is 168 cm³/mol. The number of aromatic nitrogens is 2. The van der Waals surface area contributed by atoms with Gasteiger partial charge in [0.25, 0.3) is 0 Å². The summed E-state index contributed by atoms with van der Waals surface area (Å²) in [6.45, 7) is 2.53. The van der Waals surface area contributed by atoms with E-state index in [0.29, 0.717) is 42.6 Å². The summed E-state index contributed by atoms with van der Waals surface area (Å²) < 4.78 is 52.5. The number of nitrogens with one attached hydrogen (secondary N) is 1. The first-order valence-electron chi connectivity index (χ1n) is 15.1. The van der Waals surface area contributed by atoms with Crippen LogP contribution in [0.3, 0.4) is 0 Å². The van der Waals surface area contributed by atoms with E-state index in [2.05, 4.69) is 38.2 Å². The lowest BCUT2D eigenvalue weighted by Crippen LogP contribution is -2.52. The van der Waals surface area contributed by atoms with Crippen molar-refractivity contribution in [3.8, 4) is 35.2 Å². The number of fused-ring (bicyclic) bond motifs is 5. The van der Waals surface area contributed by atoms with Gasteiger partial charge in [-0.2, -0.15) is 9.97 Å². The topological polar surface area (TPSA) is 73.8 Å². The summed E-state index contributed by atoms with van der Waals surface area (Å²) in [4.78, 5) is 13.5. The standard InChI is InChI=1S/C34H29ClF3N5O2/c1-2-23-27(37)7-4-18-10-22(44)11-24(28(18)23)29-26(35)12-25-31(30(29)38)40-33(41-32(25)42-15-20-5-6-21(16-42)39-20)45-17-34-8-3-9-43(34)14-19(36)13-34/h1,4-7,10-12,19-21,39,44H,3,8-9,13-17H2/t19-,20?,21?,34+/m1/s1. The number of aromatic hydroxyl groups is 1. The SMILES string of the molecule is C#Cc1c(F)ccc2cc(O)cc(-c3c(Cl)cc4c(N5CC6C=CC(C5)N6)nc(OC[C@@]56CCCN5C[C@H](F)C6)nc4c3F)c12. The lowest BCUT2D eigenvalue weighted by atomic mass is 9.93. The van der Waals surface area contributed by atoms with Gasteiger partial charge in [0.2, 0.25) is 0 Å². The number of terminal acetylenes is 1. The van der Waals surface area contributed by atoms with E-state index in [1.165, 1.54) is 24.3 Å². The molecule has 0 spiro atoms. The molecule has 4 aromatic rings. The molecule has 0 amide bonds. The van der Waals surface area contributed by atoms with E-state index in [1.54, 1.807) is 6.07 Å². The second-order valence-corrected chi connectivity index (χ2v) is 12.9. The molecule has 3 aromatic carbocycles. The molecule has 7 nitrogen and oxygen atoms in total. The van der Waals surface area contributed by atoms with Gasteiger partial charge in [0.15, 0.2) is 5.82 Å². The zero-order chi connectivity index (χ0) is 31.0. The van der Waals surface area contributed by atoms with Crippen molar-refractivity contribution in [2.45, 2.75) is 43.1 Å². The van der Waals surface area contributed by atoms with Crippen LogP contribution < -0.4 is 15.0 Å². The molecule has 0 saturated carbocycles. The normalized spacial score (nSPS) is 25.8. The van der Waals surface area contributed by atoms with E-state index in [0.717, 1.165) is 19.4 Å². The van der Waals surface area contributed by atoms with Crippen LogP contribution in [-0.4, -0.2) is 76.6 Å². The van der Waals surface area contributed by atoms with Crippen LogP contribution in [0.1, 0.15) is 24.8 Å². The zero-order valence-electron chi connectivity index (χ0n) is 24.2. The van der Waals surface area contributed by atoms with Crippen LogP contribution in [0.25, 0.3) is 32.8 Å². The van der Waals surface area contributed by atoms with Gasteiger partial charge in [-0.1, -0.05) is 35.7 Å². The van der Waals surface area contributed by atoms with Gasteiger partial charge in [0.1, 0.15) is 35.7 Å².